The van der Waals surface area contributed by atoms with Gasteiger partial charge in [0.15, 0.2) is 0 Å². The molecule has 0 aromatic heterocycles. The first-order valence-electron chi connectivity index (χ1n) is 5.26. The minimum atomic E-state index is 0.476. The number of hydrogen-bond donors (Lipinski definition) is 1. The molecule has 1 aliphatic heterocycles. The van der Waals surface area contributed by atoms with Crippen molar-refractivity contribution in [3.8, 4) is 0 Å². The van der Waals surface area contributed by atoms with Crippen LogP contribution in [0.4, 0.5) is 0 Å². The number of ether oxygens (including phenoxy) is 1. The molecule has 3 heteroatoms. The van der Waals surface area contributed by atoms with Crippen LogP contribution in [-0.2, 0) is 4.74 Å². The van der Waals surface area contributed by atoms with Crippen LogP contribution in [-0.4, -0.2) is 32.0 Å². The van der Waals surface area contributed by atoms with Crippen molar-refractivity contribution in [2.24, 2.45) is 4.99 Å². The van der Waals surface area contributed by atoms with Crippen molar-refractivity contribution in [1.29, 1.82) is 0 Å². The van der Waals surface area contributed by atoms with Crippen LogP contribution in [0.1, 0.15) is 27.2 Å². The zero-order chi connectivity index (χ0) is 10.6. The second-order valence-corrected chi connectivity index (χ2v) is 2.99. The van der Waals surface area contributed by atoms with Crippen molar-refractivity contribution >= 4 is 6.21 Å². The van der Waals surface area contributed by atoms with E-state index < -0.39 is 0 Å². The Labute approximate surface area is 87.3 Å². The number of rotatable bonds is 2. The zero-order valence-corrected chi connectivity index (χ0v) is 9.49. The molecule has 1 N–H and O–H groups in total. The van der Waals surface area contributed by atoms with Crippen LogP contribution in [0.15, 0.2) is 17.3 Å². The van der Waals surface area contributed by atoms with E-state index in [2.05, 4.69) is 17.2 Å². The van der Waals surface area contributed by atoms with E-state index in [1.165, 1.54) is 0 Å². The Balaban J connectivity index is 0.000000255. The van der Waals surface area contributed by atoms with E-state index in [4.69, 9.17) is 4.74 Å². The molecule has 0 aromatic rings. The van der Waals surface area contributed by atoms with Gasteiger partial charge in [-0.05, 0) is 20.3 Å². The van der Waals surface area contributed by atoms with Crippen molar-refractivity contribution in [3.63, 3.8) is 0 Å². The molecule has 0 spiro atoms. The minimum absolute atomic E-state index is 0.476. The van der Waals surface area contributed by atoms with Gasteiger partial charge in [0.1, 0.15) is 0 Å². The predicted molar refractivity (Wildman–Crippen MR) is 61.9 cm³/mol. The fraction of sp³-hybridized carbons (Fsp3) is 0.727. The Bertz CT molecular complexity index is 151. The van der Waals surface area contributed by atoms with Crippen LogP contribution in [0.3, 0.4) is 0 Å². The van der Waals surface area contributed by atoms with Gasteiger partial charge in [-0.3, -0.25) is 4.99 Å². The molecule has 0 aliphatic carbocycles. The number of morpholine rings is 1. The third kappa shape index (κ3) is 7.95. The topological polar surface area (TPSA) is 33.6 Å². The summed E-state index contributed by atoms with van der Waals surface area (Å²) in [6.45, 7) is 8.93. The van der Waals surface area contributed by atoms with E-state index in [1.54, 1.807) is 12.4 Å². The summed E-state index contributed by atoms with van der Waals surface area (Å²) < 4.78 is 5.36. The molecule has 1 heterocycles. The summed E-state index contributed by atoms with van der Waals surface area (Å²) in [5, 5.41) is 3.26. The maximum absolute atomic E-state index is 5.36. The van der Waals surface area contributed by atoms with Gasteiger partial charge in [0.05, 0.1) is 12.7 Å². The summed E-state index contributed by atoms with van der Waals surface area (Å²) in [6.07, 6.45) is 7.00. The van der Waals surface area contributed by atoms with E-state index in [-0.39, 0.29) is 0 Å². The van der Waals surface area contributed by atoms with Crippen molar-refractivity contribution in [2.75, 3.05) is 19.7 Å². The number of nitrogens with zero attached hydrogens (tertiary/aromatic N) is 1. The molecule has 82 valence electrons. The van der Waals surface area contributed by atoms with Crippen molar-refractivity contribution < 1.29 is 4.74 Å². The first-order chi connectivity index (χ1) is 6.85. The zero-order valence-electron chi connectivity index (χ0n) is 9.49. The molecule has 0 radical (unpaired) electrons. The number of nitrogens with one attached hydrogen (secondary N) is 1. The van der Waals surface area contributed by atoms with Crippen LogP contribution in [0.5, 0.6) is 0 Å². The highest BCUT2D eigenvalue weighted by Gasteiger charge is 2.08. The normalized spacial score (nSPS) is 22.4. The molecule has 1 fully saturated rings. The highest BCUT2D eigenvalue weighted by atomic mass is 16.5. The van der Waals surface area contributed by atoms with Crippen molar-refractivity contribution in [1.82, 2.24) is 5.32 Å². The van der Waals surface area contributed by atoms with Crippen LogP contribution < -0.4 is 5.32 Å². The molecule has 3 nitrogen and oxygen atoms in total. The molecule has 1 aliphatic rings. The van der Waals surface area contributed by atoms with Crippen LogP contribution >= 0.6 is 0 Å². The fourth-order valence-corrected chi connectivity index (χ4v) is 1.05. The standard InChI is InChI=1S/C6H13NO.C5H9N/c1-2-6-5-7-3-4-8-6;1-3-5-6-4-2/h6-7H,2-5H2,1H3;3-5H,1-2H3/b;5-3-,6-4?/t6-;/m0./s1. The van der Waals surface area contributed by atoms with Gasteiger partial charge in [0.2, 0.25) is 0 Å². The lowest BCUT2D eigenvalue weighted by Crippen LogP contribution is -2.37. The average molecular weight is 198 g/mol. The SMILES string of the molecule is CC=N/C=C\C.CC[C@H]1CNCCO1. The van der Waals surface area contributed by atoms with Crippen LogP contribution in [0, 0.1) is 0 Å². The molecule has 1 rings (SSSR count). The molecule has 0 aromatic carbocycles. The summed E-state index contributed by atoms with van der Waals surface area (Å²) in [5.74, 6) is 0. The van der Waals surface area contributed by atoms with E-state index in [0.29, 0.717) is 6.10 Å². The number of hydrogen-bond acceptors (Lipinski definition) is 3. The molecule has 0 unspecified atom stereocenters. The summed E-state index contributed by atoms with van der Waals surface area (Å²) >= 11 is 0. The third-order valence-electron chi connectivity index (χ3n) is 1.84. The minimum Gasteiger partial charge on any atom is -0.376 e. The molecule has 0 saturated carbocycles. The monoisotopic (exact) mass is 198 g/mol. The number of aliphatic imine (C=N–C) groups is 1. The summed E-state index contributed by atoms with van der Waals surface area (Å²) in [7, 11) is 0. The van der Waals surface area contributed by atoms with Crippen LogP contribution in [0.25, 0.3) is 0 Å². The van der Waals surface area contributed by atoms with Gasteiger partial charge in [-0.15, -0.1) is 0 Å². The van der Waals surface area contributed by atoms with E-state index in [0.717, 1.165) is 26.1 Å². The molecule has 0 amide bonds. The van der Waals surface area contributed by atoms with Gasteiger partial charge in [-0.25, -0.2) is 0 Å². The lowest BCUT2D eigenvalue weighted by Gasteiger charge is -2.21. The molecule has 0 bridgehead atoms. The second-order valence-electron chi connectivity index (χ2n) is 2.99. The van der Waals surface area contributed by atoms with E-state index in [9.17, 15) is 0 Å². The quantitative estimate of drug-likeness (QED) is 0.688. The van der Waals surface area contributed by atoms with Gasteiger partial charge in [-0.1, -0.05) is 13.0 Å². The maximum atomic E-state index is 5.36. The van der Waals surface area contributed by atoms with Gasteiger partial charge in [0.25, 0.3) is 0 Å². The molecule has 1 saturated heterocycles. The van der Waals surface area contributed by atoms with Gasteiger partial charge >= 0.3 is 0 Å². The smallest absolute Gasteiger partial charge is 0.0697 e. The lowest BCUT2D eigenvalue weighted by molar-refractivity contribution is 0.0267. The predicted octanol–water partition coefficient (Wildman–Crippen LogP) is 2.00. The summed E-state index contributed by atoms with van der Waals surface area (Å²) in [4.78, 5) is 3.78. The molecule has 14 heavy (non-hydrogen) atoms. The molecular formula is C11H22N2O. The number of allylic oxidation sites excluding steroid dienone is 1. The largest absolute Gasteiger partial charge is 0.376 e. The van der Waals surface area contributed by atoms with Crippen molar-refractivity contribution in [3.05, 3.63) is 12.3 Å². The molecule has 1 atom stereocenters. The Hall–Kier alpha value is -0.670. The first kappa shape index (κ1) is 13.3. The molecular weight excluding hydrogens is 176 g/mol. The van der Waals surface area contributed by atoms with Gasteiger partial charge in [0, 0.05) is 25.5 Å². The van der Waals surface area contributed by atoms with E-state index in [1.807, 2.05) is 19.9 Å². The van der Waals surface area contributed by atoms with E-state index >= 15 is 0 Å². The first-order valence-corrected chi connectivity index (χ1v) is 5.26. The third-order valence-corrected chi connectivity index (χ3v) is 1.84. The summed E-state index contributed by atoms with van der Waals surface area (Å²) in [5.41, 5.74) is 0. The Morgan fingerprint density at radius 2 is 2.29 bits per heavy atom. The van der Waals surface area contributed by atoms with Crippen LogP contribution in [0.2, 0.25) is 0 Å². The van der Waals surface area contributed by atoms with Crippen molar-refractivity contribution in [2.45, 2.75) is 33.3 Å². The fourth-order valence-electron chi connectivity index (χ4n) is 1.05. The van der Waals surface area contributed by atoms with Gasteiger partial charge < -0.3 is 10.1 Å². The average Bonchev–Trinajstić information content (AvgIpc) is 2.28. The second kappa shape index (κ2) is 10.4. The van der Waals surface area contributed by atoms with Gasteiger partial charge in [-0.2, -0.15) is 0 Å². The Kier molecular flexibility index (Phi) is 9.91. The summed E-state index contributed by atoms with van der Waals surface area (Å²) in [6, 6.07) is 0. The lowest BCUT2D eigenvalue weighted by atomic mass is 10.2. The Morgan fingerprint density at radius 1 is 1.50 bits per heavy atom. The highest BCUT2D eigenvalue weighted by molar-refractivity contribution is 5.54. The highest BCUT2D eigenvalue weighted by Crippen LogP contribution is 1.98. The Morgan fingerprint density at radius 3 is 2.57 bits per heavy atom. The maximum Gasteiger partial charge on any atom is 0.0697 e.